The van der Waals surface area contributed by atoms with E-state index in [1.54, 1.807) is 12.1 Å². The van der Waals surface area contributed by atoms with Gasteiger partial charge < -0.3 is 19.8 Å². The number of carbonyl (C=O) groups is 3. The number of aromatic nitrogens is 2. The number of hydrogen-bond donors (Lipinski definition) is 2. The van der Waals surface area contributed by atoms with Crippen molar-refractivity contribution < 1.29 is 19.5 Å². The summed E-state index contributed by atoms with van der Waals surface area (Å²) in [5.74, 6) is 1.41. The third kappa shape index (κ3) is 4.87. The van der Waals surface area contributed by atoms with E-state index in [0.717, 1.165) is 24.9 Å². The third-order valence-electron chi connectivity index (χ3n) is 6.55. The van der Waals surface area contributed by atoms with Gasteiger partial charge in [-0.3, -0.25) is 19.7 Å². The van der Waals surface area contributed by atoms with Crippen molar-refractivity contribution in [1.29, 1.82) is 0 Å². The van der Waals surface area contributed by atoms with Crippen molar-refractivity contribution >= 4 is 46.7 Å². The molecule has 1 aromatic heterocycles. The van der Waals surface area contributed by atoms with Gasteiger partial charge in [0.15, 0.2) is 0 Å². The molecule has 4 heterocycles. The number of imide groups is 1. The molecule has 3 saturated heterocycles. The minimum absolute atomic E-state index is 0.0296. The second-order valence-corrected chi connectivity index (χ2v) is 9.96. The number of nitrogens with zero attached hydrogens (tertiary/aromatic N) is 5. The molecule has 2 unspecified atom stereocenters. The highest BCUT2D eigenvalue weighted by Crippen LogP contribution is 2.34. The van der Waals surface area contributed by atoms with Gasteiger partial charge in [0, 0.05) is 63.2 Å². The summed E-state index contributed by atoms with van der Waals surface area (Å²) in [7, 11) is 1.82. The number of nitrogens with one attached hydrogen (secondary N) is 1. The molecule has 3 amide bonds. The molecule has 3 fully saturated rings. The van der Waals surface area contributed by atoms with E-state index in [4.69, 9.17) is 4.98 Å². The number of rotatable bonds is 6. The third-order valence-corrected chi connectivity index (χ3v) is 7.36. The van der Waals surface area contributed by atoms with E-state index >= 15 is 0 Å². The molecule has 2 atom stereocenters. The number of amides is 3. The van der Waals surface area contributed by atoms with Gasteiger partial charge in [0.05, 0.1) is 17.2 Å². The highest BCUT2D eigenvalue weighted by molar-refractivity contribution is 8.18. The van der Waals surface area contributed by atoms with Crippen LogP contribution in [-0.2, 0) is 4.79 Å². The number of likely N-dealkylation sites (N-methyl/N-ethyl adjacent to an activating group) is 1. The summed E-state index contributed by atoms with van der Waals surface area (Å²) in [6.45, 7) is 3.18. The number of thioether (sulfide) groups is 1. The van der Waals surface area contributed by atoms with Crippen LogP contribution in [0.4, 0.5) is 16.6 Å². The molecule has 2 aromatic rings. The van der Waals surface area contributed by atoms with Crippen LogP contribution in [0.25, 0.3) is 6.08 Å². The molecular weight excluding hydrogens is 468 g/mol. The second kappa shape index (κ2) is 9.67. The number of benzene rings is 1. The van der Waals surface area contributed by atoms with Crippen molar-refractivity contribution in [3.63, 3.8) is 0 Å². The highest BCUT2D eigenvalue weighted by atomic mass is 32.2. The number of anilines is 2. The van der Waals surface area contributed by atoms with Gasteiger partial charge in [-0.05, 0) is 30.0 Å². The Morgan fingerprint density at radius 3 is 2.51 bits per heavy atom. The number of aliphatic hydroxyl groups excluding tert-OH is 1. The smallest absolute Gasteiger partial charge is 0.290 e. The molecule has 3 aliphatic rings. The van der Waals surface area contributed by atoms with Crippen molar-refractivity contribution in [2.75, 3.05) is 56.2 Å². The van der Waals surface area contributed by atoms with Crippen LogP contribution in [0.2, 0.25) is 0 Å². The summed E-state index contributed by atoms with van der Waals surface area (Å²) in [4.78, 5) is 52.0. The Kier molecular flexibility index (Phi) is 6.44. The van der Waals surface area contributed by atoms with E-state index in [0.29, 0.717) is 54.5 Å². The van der Waals surface area contributed by atoms with Gasteiger partial charge in [-0.2, -0.15) is 4.98 Å². The number of hydrogen-bond acceptors (Lipinski definition) is 9. The molecule has 10 nitrogen and oxygen atoms in total. The van der Waals surface area contributed by atoms with Crippen LogP contribution in [0.3, 0.4) is 0 Å². The van der Waals surface area contributed by atoms with E-state index in [2.05, 4.69) is 15.2 Å². The Hall–Kier alpha value is -3.44. The van der Waals surface area contributed by atoms with Crippen LogP contribution >= 0.6 is 11.8 Å². The quantitative estimate of drug-likeness (QED) is 0.575. The molecule has 0 aliphatic carbocycles. The Morgan fingerprint density at radius 1 is 1.17 bits per heavy atom. The van der Waals surface area contributed by atoms with Crippen molar-refractivity contribution in [2.24, 2.45) is 11.8 Å². The number of carbonyl (C=O) groups excluding carboxylic acids is 3. The van der Waals surface area contributed by atoms with Crippen LogP contribution < -0.4 is 15.1 Å². The lowest BCUT2D eigenvalue weighted by atomic mass is 10.0. The fourth-order valence-corrected chi connectivity index (χ4v) is 5.42. The van der Waals surface area contributed by atoms with E-state index in [9.17, 15) is 19.5 Å². The zero-order valence-corrected chi connectivity index (χ0v) is 20.1. The molecule has 2 N–H and O–H groups in total. The number of fused-ring (bicyclic) bond motifs is 1. The average molecular weight is 495 g/mol. The van der Waals surface area contributed by atoms with E-state index in [-0.39, 0.29) is 17.4 Å². The van der Waals surface area contributed by atoms with Gasteiger partial charge in [-0.1, -0.05) is 18.2 Å². The standard InChI is InChI=1S/C24H26N6O4S/c1-28(7-8-31)20-10-18(9-19-21(32)27-24(34)35-19)25-23(26-20)30-13-16-11-29(12-17(16)14-30)22(33)15-5-3-2-4-6-15/h2-6,9-10,16-17,31H,7-8,11-14H2,1H3,(H,27,32,34)/b19-9-. The zero-order valence-electron chi connectivity index (χ0n) is 19.3. The summed E-state index contributed by atoms with van der Waals surface area (Å²) in [5.41, 5.74) is 1.22. The minimum atomic E-state index is -0.440. The van der Waals surface area contributed by atoms with Gasteiger partial charge in [0.1, 0.15) is 5.82 Å². The minimum Gasteiger partial charge on any atom is -0.395 e. The molecule has 11 heteroatoms. The normalized spacial score (nSPS) is 22.6. The molecule has 35 heavy (non-hydrogen) atoms. The predicted molar refractivity (Wildman–Crippen MR) is 133 cm³/mol. The van der Waals surface area contributed by atoms with Crippen molar-refractivity contribution in [3.8, 4) is 0 Å². The summed E-state index contributed by atoms with van der Waals surface area (Å²) in [5, 5.41) is 11.2. The Labute approximate surface area is 207 Å². The maximum Gasteiger partial charge on any atom is 0.290 e. The average Bonchev–Trinajstić information content (AvgIpc) is 3.52. The maximum absolute atomic E-state index is 12.9. The topological polar surface area (TPSA) is 119 Å². The summed E-state index contributed by atoms with van der Waals surface area (Å²) in [6.07, 6.45) is 1.59. The number of aliphatic hydroxyl groups is 1. The molecule has 3 aliphatic heterocycles. The molecule has 1 aromatic carbocycles. The van der Waals surface area contributed by atoms with Crippen molar-refractivity contribution in [1.82, 2.24) is 20.2 Å². The Morgan fingerprint density at radius 2 is 1.89 bits per heavy atom. The highest BCUT2D eigenvalue weighted by Gasteiger charge is 2.42. The van der Waals surface area contributed by atoms with E-state index < -0.39 is 11.1 Å². The molecule has 182 valence electrons. The van der Waals surface area contributed by atoms with Gasteiger partial charge in [-0.15, -0.1) is 0 Å². The second-order valence-electron chi connectivity index (χ2n) is 8.95. The predicted octanol–water partition coefficient (Wildman–Crippen LogP) is 1.44. The van der Waals surface area contributed by atoms with Crippen LogP contribution in [0.1, 0.15) is 16.1 Å². The van der Waals surface area contributed by atoms with Crippen molar-refractivity contribution in [3.05, 3.63) is 52.6 Å². The van der Waals surface area contributed by atoms with Gasteiger partial charge in [0.25, 0.3) is 17.1 Å². The van der Waals surface area contributed by atoms with E-state index in [1.807, 2.05) is 47.2 Å². The first kappa shape index (κ1) is 23.3. The summed E-state index contributed by atoms with van der Waals surface area (Å²) < 4.78 is 0. The maximum atomic E-state index is 12.9. The van der Waals surface area contributed by atoms with Crippen molar-refractivity contribution in [2.45, 2.75) is 0 Å². The first-order valence-electron chi connectivity index (χ1n) is 11.5. The van der Waals surface area contributed by atoms with E-state index in [1.165, 1.54) is 0 Å². The lowest BCUT2D eigenvalue weighted by Gasteiger charge is -2.24. The first-order chi connectivity index (χ1) is 16.9. The molecular formula is C24H26N6O4S. The molecule has 0 radical (unpaired) electrons. The largest absolute Gasteiger partial charge is 0.395 e. The van der Waals surface area contributed by atoms with Crippen LogP contribution in [0.15, 0.2) is 41.3 Å². The lowest BCUT2D eigenvalue weighted by Crippen LogP contribution is -2.34. The number of likely N-dealkylation sites (tertiary alicyclic amines) is 1. The monoisotopic (exact) mass is 494 g/mol. The van der Waals surface area contributed by atoms with Gasteiger partial charge in [0.2, 0.25) is 5.95 Å². The molecule has 0 bridgehead atoms. The Bertz CT molecular complexity index is 1180. The zero-order chi connectivity index (χ0) is 24.5. The summed E-state index contributed by atoms with van der Waals surface area (Å²) in [6, 6.07) is 11.1. The lowest BCUT2D eigenvalue weighted by molar-refractivity contribution is -0.115. The van der Waals surface area contributed by atoms with Crippen LogP contribution in [0, 0.1) is 11.8 Å². The molecule has 0 spiro atoms. The fraction of sp³-hybridized carbons (Fsp3) is 0.375. The molecule has 0 saturated carbocycles. The van der Waals surface area contributed by atoms with Crippen LogP contribution in [0.5, 0.6) is 0 Å². The SMILES string of the molecule is CN(CCO)c1cc(/C=C2\SC(=O)NC2=O)nc(N2CC3CN(C(=O)c4ccccc4)CC3C2)n1. The summed E-state index contributed by atoms with van der Waals surface area (Å²) >= 11 is 0.842. The molecule has 5 rings (SSSR count). The Balaban J connectivity index is 1.35. The van der Waals surface area contributed by atoms with Gasteiger partial charge in [-0.25, -0.2) is 4.98 Å². The van der Waals surface area contributed by atoms with Crippen LogP contribution in [-0.4, -0.2) is 83.4 Å². The van der Waals surface area contributed by atoms with Gasteiger partial charge >= 0.3 is 0 Å². The first-order valence-corrected chi connectivity index (χ1v) is 12.3. The fourth-order valence-electron chi connectivity index (χ4n) is 4.76.